The van der Waals surface area contributed by atoms with E-state index in [0.717, 1.165) is 21.7 Å². The minimum absolute atomic E-state index is 0.104. The third-order valence-corrected chi connectivity index (χ3v) is 8.19. The third-order valence-electron chi connectivity index (χ3n) is 5.28. The number of amides is 1. The van der Waals surface area contributed by atoms with Crippen LogP contribution in [0, 0.1) is 6.92 Å². The molecular formula is C23H25N3O4S2. The van der Waals surface area contributed by atoms with Gasteiger partial charge in [0.05, 0.1) is 33.9 Å². The van der Waals surface area contributed by atoms with E-state index in [1.54, 1.807) is 18.2 Å². The van der Waals surface area contributed by atoms with Gasteiger partial charge < -0.3 is 10.1 Å². The maximum atomic E-state index is 13.0. The van der Waals surface area contributed by atoms with Crippen LogP contribution in [0.3, 0.4) is 0 Å². The molecule has 0 spiro atoms. The zero-order chi connectivity index (χ0) is 22.7. The smallest absolute Gasteiger partial charge is 0.243 e. The van der Waals surface area contributed by atoms with E-state index in [0.29, 0.717) is 31.8 Å². The number of carbonyl (C=O) groups is 1. The van der Waals surface area contributed by atoms with Gasteiger partial charge in [-0.2, -0.15) is 4.31 Å². The van der Waals surface area contributed by atoms with Crippen molar-refractivity contribution in [3.05, 3.63) is 60.2 Å². The number of ether oxygens (including phenoxy) is 1. The molecule has 1 atom stereocenters. The van der Waals surface area contributed by atoms with Crippen LogP contribution in [0.5, 0.6) is 0 Å². The standard InChI is InChI=1S/C23H25N3O4S2/c1-16-14-22(31-17(2)23(27)24-18-6-4-3-5-7-18)25-21-9-8-19(15-20(16)21)32(28,29)26-10-12-30-13-11-26/h3-9,14-15,17H,10-13H2,1-2H3,(H,24,27)/t17-/m0/s1. The van der Waals surface area contributed by atoms with Gasteiger partial charge in [0, 0.05) is 24.2 Å². The number of fused-ring (bicyclic) bond motifs is 1. The van der Waals surface area contributed by atoms with E-state index in [4.69, 9.17) is 4.74 Å². The van der Waals surface area contributed by atoms with Crippen molar-refractivity contribution in [2.45, 2.75) is 29.0 Å². The average molecular weight is 472 g/mol. The van der Waals surface area contributed by atoms with E-state index >= 15 is 0 Å². The molecular weight excluding hydrogens is 446 g/mol. The van der Waals surface area contributed by atoms with Crippen molar-refractivity contribution in [2.75, 3.05) is 31.6 Å². The van der Waals surface area contributed by atoms with Crippen molar-refractivity contribution in [3.63, 3.8) is 0 Å². The third kappa shape index (κ3) is 4.96. The molecule has 0 saturated carbocycles. The number of pyridine rings is 1. The summed E-state index contributed by atoms with van der Waals surface area (Å²) in [5.41, 5.74) is 2.36. The molecule has 2 aromatic carbocycles. The fraction of sp³-hybridized carbons (Fsp3) is 0.304. The number of para-hydroxylation sites is 1. The molecule has 1 aromatic heterocycles. The number of sulfonamides is 1. The van der Waals surface area contributed by atoms with Crippen LogP contribution >= 0.6 is 11.8 Å². The molecule has 1 aliphatic rings. The highest BCUT2D eigenvalue weighted by atomic mass is 32.2. The topological polar surface area (TPSA) is 88.6 Å². The van der Waals surface area contributed by atoms with Gasteiger partial charge in [-0.05, 0) is 55.8 Å². The first-order valence-electron chi connectivity index (χ1n) is 10.4. The molecule has 7 nitrogen and oxygen atoms in total. The largest absolute Gasteiger partial charge is 0.379 e. The number of morpholine rings is 1. The number of nitrogens with one attached hydrogen (secondary N) is 1. The number of hydrogen-bond donors (Lipinski definition) is 1. The molecule has 4 rings (SSSR count). The Hall–Kier alpha value is -2.46. The summed E-state index contributed by atoms with van der Waals surface area (Å²) in [6.45, 7) is 5.29. The van der Waals surface area contributed by atoms with Crippen molar-refractivity contribution in [1.29, 1.82) is 0 Å². The molecule has 0 unspecified atom stereocenters. The molecule has 0 bridgehead atoms. The maximum Gasteiger partial charge on any atom is 0.243 e. The van der Waals surface area contributed by atoms with E-state index in [2.05, 4.69) is 10.3 Å². The molecule has 2 heterocycles. The van der Waals surface area contributed by atoms with Gasteiger partial charge in [0.1, 0.15) is 0 Å². The predicted octanol–water partition coefficient (Wildman–Crippen LogP) is 3.68. The normalized spacial score (nSPS) is 16.1. The summed E-state index contributed by atoms with van der Waals surface area (Å²) >= 11 is 1.37. The van der Waals surface area contributed by atoms with Crippen molar-refractivity contribution in [1.82, 2.24) is 9.29 Å². The van der Waals surface area contributed by atoms with Crippen LogP contribution in [0.2, 0.25) is 0 Å². The lowest BCUT2D eigenvalue weighted by Crippen LogP contribution is -2.40. The van der Waals surface area contributed by atoms with Crippen molar-refractivity contribution < 1.29 is 17.9 Å². The maximum absolute atomic E-state index is 13.0. The van der Waals surface area contributed by atoms with E-state index in [9.17, 15) is 13.2 Å². The first-order chi connectivity index (χ1) is 15.3. The zero-order valence-corrected chi connectivity index (χ0v) is 19.6. The molecule has 32 heavy (non-hydrogen) atoms. The molecule has 1 N–H and O–H groups in total. The van der Waals surface area contributed by atoms with Crippen LogP contribution < -0.4 is 5.32 Å². The van der Waals surface area contributed by atoms with Crippen molar-refractivity contribution >= 4 is 44.3 Å². The monoisotopic (exact) mass is 471 g/mol. The number of hydrogen-bond acceptors (Lipinski definition) is 6. The highest BCUT2D eigenvalue weighted by Crippen LogP contribution is 2.29. The Morgan fingerprint density at radius 1 is 1.12 bits per heavy atom. The minimum atomic E-state index is -3.57. The molecule has 1 amide bonds. The lowest BCUT2D eigenvalue weighted by molar-refractivity contribution is -0.115. The number of aromatic nitrogens is 1. The van der Waals surface area contributed by atoms with Crippen LogP contribution in [0.4, 0.5) is 5.69 Å². The van der Waals surface area contributed by atoms with Crippen LogP contribution in [0.1, 0.15) is 12.5 Å². The summed E-state index contributed by atoms with van der Waals surface area (Å²) in [5.74, 6) is -0.104. The van der Waals surface area contributed by atoms with Crippen LogP contribution in [0.15, 0.2) is 64.5 Å². The van der Waals surface area contributed by atoms with Gasteiger partial charge in [0.2, 0.25) is 15.9 Å². The SMILES string of the molecule is Cc1cc(S[C@@H](C)C(=O)Nc2ccccc2)nc2ccc(S(=O)(=O)N3CCOCC3)cc12. The van der Waals surface area contributed by atoms with Gasteiger partial charge in [-0.3, -0.25) is 4.79 Å². The van der Waals surface area contributed by atoms with Gasteiger partial charge in [-0.15, -0.1) is 0 Å². The fourth-order valence-electron chi connectivity index (χ4n) is 3.50. The average Bonchev–Trinajstić information content (AvgIpc) is 2.80. The summed E-state index contributed by atoms with van der Waals surface area (Å²) in [6, 6.07) is 16.2. The number of thioether (sulfide) groups is 1. The number of aryl methyl sites for hydroxylation is 1. The van der Waals surface area contributed by atoms with Gasteiger partial charge in [0.25, 0.3) is 0 Å². The van der Waals surface area contributed by atoms with Crippen LogP contribution in [-0.2, 0) is 19.6 Å². The summed E-state index contributed by atoms with van der Waals surface area (Å²) < 4.78 is 32.7. The Kier molecular flexibility index (Phi) is 6.80. The lowest BCUT2D eigenvalue weighted by atomic mass is 10.1. The van der Waals surface area contributed by atoms with E-state index in [-0.39, 0.29) is 16.1 Å². The fourth-order valence-corrected chi connectivity index (χ4v) is 5.86. The van der Waals surface area contributed by atoms with Gasteiger partial charge in [0.15, 0.2) is 0 Å². The highest BCUT2D eigenvalue weighted by molar-refractivity contribution is 8.00. The van der Waals surface area contributed by atoms with Gasteiger partial charge >= 0.3 is 0 Å². The molecule has 0 aliphatic carbocycles. The Bertz CT molecular complexity index is 1230. The Morgan fingerprint density at radius 3 is 2.56 bits per heavy atom. The lowest BCUT2D eigenvalue weighted by Gasteiger charge is -2.26. The first kappa shape index (κ1) is 22.7. The second kappa shape index (κ2) is 9.58. The number of benzene rings is 2. The number of nitrogens with zero attached hydrogens (tertiary/aromatic N) is 2. The summed E-state index contributed by atoms with van der Waals surface area (Å²) in [4.78, 5) is 17.4. The number of rotatable bonds is 6. The Balaban J connectivity index is 1.53. The molecule has 1 fully saturated rings. The van der Waals surface area contributed by atoms with Crippen molar-refractivity contribution in [3.8, 4) is 0 Å². The van der Waals surface area contributed by atoms with Gasteiger partial charge in [-0.25, -0.2) is 13.4 Å². The zero-order valence-electron chi connectivity index (χ0n) is 17.9. The van der Waals surface area contributed by atoms with Crippen LogP contribution in [0.25, 0.3) is 10.9 Å². The quantitative estimate of drug-likeness (QED) is 0.552. The number of anilines is 1. The minimum Gasteiger partial charge on any atom is -0.379 e. The first-order valence-corrected chi connectivity index (χ1v) is 12.7. The predicted molar refractivity (Wildman–Crippen MR) is 126 cm³/mol. The molecule has 3 aromatic rings. The van der Waals surface area contributed by atoms with Crippen LogP contribution in [-0.4, -0.2) is 55.2 Å². The summed E-state index contributed by atoms with van der Waals surface area (Å²) in [6.07, 6.45) is 0. The molecule has 9 heteroatoms. The molecule has 168 valence electrons. The Labute approximate surface area is 192 Å². The van der Waals surface area contributed by atoms with E-state index in [1.807, 2.05) is 50.2 Å². The van der Waals surface area contributed by atoms with Gasteiger partial charge in [-0.1, -0.05) is 30.0 Å². The highest BCUT2D eigenvalue weighted by Gasteiger charge is 2.26. The second-order valence-corrected chi connectivity index (χ2v) is 10.9. The van der Waals surface area contributed by atoms with Crippen molar-refractivity contribution in [2.24, 2.45) is 0 Å². The molecule has 0 radical (unpaired) electrons. The second-order valence-electron chi connectivity index (χ2n) is 7.59. The van der Waals surface area contributed by atoms with E-state index in [1.165, 1.54) is 16.1 Å². The Morgan fingerprint density at radius 2 is 1.84 bits per heavy atom. The summed E-state index contributed by atoms with van der Waals surface area (Å²) in [5, 5.41) is 4.05. The molecule has 1 saturated heterocycles. The van der Waals surface area contributed by atoms with E-state index < -0.39 is 10.0 Å². The molecule has 1 aliphatic heterocycles. The summed E-state index contributed by atoms with van der Waals surface area (Å²) in [7, 11) is -3.57. The number of carbonyl (C=O) groups excluding carboxylic acids is 1.